The zero-order valence-electron chi connectivity index (χ0n) is 13.3. The number of aliphatic carboxylic acids is 1. The third-order valence-corrected chi connectivity index (χ3v) is 3.36. The highest BCUT2D eigenvalue weighted by molar-refractivity contribution is 5.93. The van der Waals surface area contributed by atoms with Crippen LogP contribution in [0.5, 0.6) is 5.75 Å². The van der Waals surface area contributed by atoms with E-state index in [9.17, 15) is 9.90 Å². The normalized spacial score (nSPS) is 11.6. The fourth-order valence-electron chi connectivity index (χ4n) is 2.15. The van der Waals surface area contributed by atoms with Crippen LogP contribution in [-0.2, 0) is 16.1 Å². The molecule has 23 heavy (non-hydrogen) atoms. The minimum atomic E-state index is -1.06. The molecule has 0 aliphatic heterocycles. The van der Waals surface area contributed by atoms with Crippen molar-refractivity contribution >= 4 is 11.5 Å². The molecule has 4 nitrogen and oxygen atoms in total. The quantitative estimate of drug-likeness (QED) is 0.617. The Morgan fingerprint density at radius 1 is 1.04 bits per heavy atom. The van der Waals surface area contributed by atoms with Crippen molar-refractivity contribution in [3.63, 3.8) is 0 Å². The maximum Gasteiger partial charge on any atom is 0.371 e. The first kappa shape index (κ1) is 16.6. The second-order valence-electron chi connectivity index (χ2n) is 4.99. The van der Waals surface area contributed by atoms with E-state index in [0.717, 1.165) is 16.9 Å². The highest BCUT2D eigenvalue weighted by Crippen LogP contribution is 2.22. The van der Waals surface area contributed by atoms with Crippen LogP contribution in [0.15, 0.2) is 60.4 Å². The number of carbonyl (C=O) groups is 1. The predicted octanol–water partition coefficient (Wildman–Crippen LogP) is 4.12. The van der Waals surface area contributed by atoms with E-state index >= 15 is 0 Å². The number of rotatable bonds is 7. The van der Waals surface area contributed by atoms with Crippen molar-refractivity contribution < 1.29 is 19.4 Å². The molecule has 0 spiro atoms. The van der Waals surface area contributed by atoms with Gasteiger partial charge in [0.2, 0.25) is 5.76 Å². The third-order valence-electron chi connectivity index (χ3n) is 3.36. The van der Waals surface area contributed by atoms with Crippen LogP contribution in [-0.4, -0.2) is 17.7 Å². The average molecular weight is 312 g/mol. The minimum absolute atomic E-state index is 0.0227. The van der Waals surface area contributed by atoms with Crippen LogP contribution in [0.2, 0.25) is 0 Å². The van der Waals surface area contributed by atoms with Crippen molar-refractivity contribution in [2.75, 3.05) is 6.61 Å². The van der Waals surface area contributed by atoms with E-state index in [1.165, 1.54) is 0 Å². The Hall–Kier alpha value is -2.75. The standard InChI is InChI=1S/C19H20O4/c1-3-22-18(19(20)21)14(2)16-9-11-17(12-10-16)23-13-15-7-5-4-6-8-15/h4-12H,3,13H2,1-2H3,(H,20,21)/b18-14-. The van der Waals surface area contributed by atoms with E-state index in [4.69, 9.17) is 9.47 Å². The highest BCUT2D eigenvalue weighted by Gasteiger charge is 2.14. The van der Waals surface area contributed by atoms with Crippen LogP contribution < -0.4 is 4.74 Å². The molecular formula is C19H20O4. The average Bonchev–Trinajstić information content (AvgIpc) is 2.58. The minimum Gasteiger partial charge on any atom is -0.489 e. The van der Waals surface area contributed by atoms with Gasteiger partial charge in [0.15, 0.2) is 0 Å². The summed E-state index contributed by atoms with van der Waals surface area (Å²) in [5, 5.41) is 9.19. The topological polar surface area (TPSA) is 55.8 Å². The molecule has 4 heteroatoms. The van der Waals surface area contributed by atoms with Gasteiger partial charge in [-0.15, -0.1) is 0 Å². The molecule has 0 saturated carbocycles. The smallest absolute Gasteiger partial charge is 0.371 e. The number of hydrogen-bond acceptors (Lipinski definition) is 3. The molecule has 0 radical (unpaired) electrons. The fourth-order valence-corrected chi connectivity index (χ4v) is 2.15. The van der Waals surface area contributed by atoms with E-state index in [0.29, 0.717) is 18.8 Å². The van der Waals surface area contributed by atoms with Crippen LogP contribution in [0.1, 0.15) is 25.0 Å². The first-order chi connectivity index (χ1) is 11.1. The van der Waals surface area contributed by atoms with E-state index in [2.05, 4.69) is 0 Å². The molecule has 2 aromatic carbocycles. The van der Waals surface area contributed by atoms with Crippen molar-refractivity contribution in [2.45, 2.75) is 20.5 Å². The lowest BCUT2D eigenvalue weighted by Crippen LogP contribution is -2.07. The van der Waals surface area contributed by atoms with E-state index < -0.39 is 5.97 Å². The number of benzene rings is 2. The van der Waals surface area contributed by atoms with E-state index in [1.807, 2.05) is 54.6 Å². The number of allylic oxidation sites excluding steroid dienone is 1. The SMILES string of the molecule is CCO/C(C(=O)O)=C(/C)c1ccc(OCc2ccccc2)cc1. The van der Waals surface area contributed by atoms with Crippen LogP contribution in [0.25, 0.3) is 5.57 Å². The number of carboxylic acid groups (broad SMARTS) is 1. The van der Waals surface area contributed by atoms with Crippen molar-refractivity contribution in [2.24, 2.45) is 0 Å². The van der Waals surface area contributed by atoms with Gasteiger partial charge in [0.05, 0.1) is 6.61 Å². The molecule has 0 unspecified atom stereocenters. The molecule has 1 N–H and O–H groups in total. The number of carboxylic acids is 1. The third kappa shape index (κ3) is 4.61. The van der Waals surface area contributed by atoms with Gasteiger partial charge in [0.1, 0.15) is 12.4 Å². The lowest BCUT2D eigenvalue weighted by Gasteiger charge is -2.10. The van der Waals surface area contributed by atoms with Crippen LogP contribution in [0.4, 0.5) is 0 Å². The molecule has 0 aliphatic rings. The first-order valence-electron chi connectivity index (χ1n) is 7.46. The zero-order chi connectivity index (χ0) is 16.7. The van der Waals surface area contributed by atoms with Crippen molar-refractivity contribution in [3.05, 3.63) is 71.5 Å². The van der Waals surface area contributed by atoms with Gasteiger partial charge in [0, 0.05) is 5.57 Å². The second kappa shape index (κ2) is 8.03. The Labute approximate surface area is 136 Å². The summed E-state index contributed by atoms with van der Waals surface area (Å²) in [4.78, 5) is 11.2. The largest absolute Gasteiger partial charge is 0.489 e. The lowest BCUT2D eigenvalue weighted by molar-refractivity contribution is -0.136. The summed E-state index contributed by atoms with van der Waals surface area (Å²) in [6.45, 7) is 4.31. The molecular weight excluding hydrogens is 292 g/mol. The van der Waals surface area contributed by atoms with Crippen LogP contribution in [0.3, 0.4) is 0 Å². The van der Waals surface area contributed by atoms with Crippen molar-refractivity contribution in [3.8, 4) is 5.75 Å². The molecule has 2 rings (SSSR count). The first-order valence-corrected chi connectivity index (χ1v) is 7.46. The Balaban J connectivity index is 2.09. The van der Waals surface area contributed by atoms with Crippen molar-refractivity contribution in [1.82, 2.24) is 0 Å². The summed E-state index contributed by atoms with van der Waals surface area (Å²) < 4.78 is 10.9. The summed E-state index contributed by atoms with van der Waals surface area (Å²) >= 11 is 0. The molecule has 0 saturated heterocycles. The van der Waals surface area contributed by atoms with E-state index in [-0.39, 0.29) is 5.76 Å². The molecule has 0 heterocycles. The molecule has 0 amide bonds. The van der Waals surface area contributed by atoms with Gasteiger partial charge in [-0.05, 0) is 37.1 Å². The molecule has 0 bridgehead atoms. The highest BCUT2D eigenvalue weighted by atomic mass is 16.5. The van der Waals surface area contributed by atoms with Gasteiger partial charge >= 0.3 is 5.97 Å². The Morgan fingerprint density at radius 3 is 2.26 bits per heavy atom. The lowest BCUT2D eigenvalue weighted by atomic mass is 10.1. The predicted molar refractivity (Wildman–Crippen MR) is 89.1 cm³/mol. The van der Waals surface area contributed by atoms with Gasteiger partial charge in [0.25, 0.3) is 0 Å². The maximum atomic E-state index is 11.2. The summed E-state index contributed by atoms with van der Waals surface area (Å²) in [6.07, 6.45) is 0. The number of hydrogen-bond donors (Lipinski definition) is 1. The second-order valence-corrected chi connectivity index (χ2v) is 4.99. The number of ether oxygens (including phenoxy) is 2. The Morgan fingerprint density at radius 2 is 1.70 bits per heavy atom. The molecule has 0 fully saturated rings. The van der Waals surface area contributed by atoms with Gasteiger partial charge in [-0.25, -0.2) is 4.79 Å². The van der Waals surface area contributed by atoms with E-state index in [1.54, 1.807) is 13.8 Å². The molecule has 0 atom stereocenters. The summed E-state index contributed by atoms with van der Waals surface area (Å²) in [5.41, 5.74) is 2.48. The molecule has 0 aromatic heterocycles. The fraction of sp³-hybridized carbons (Fsp3) is 0.211. The molecule has 120 valence electrons. The van der Waals surface area contributed by atoms with Gasteiger partial charge < -0.3 is 14.6 Å². The van der Waals surface area contributed by atoms with Crippen LogP contribution in [0, 0.1) is 0 Å². The van der Waals surface area contributed by atoms with Crippen LogP contribution >= 0.6 is 0 Å². The Bertz CT molecular complexity index is 672. The zero-order valence-corrected chi connectivity index (χ0v) is 13.3. The van der Waals surface area contributed by atoms with Gasteiger partial charge in [-0.1, -0.05) is 42.5 Å². The van der Waals surface area contributed by atoms with Gasteiger partial charge in [-0.3, -0.25) is 0 Å². The summed E-state index contributed by atoms with van der Waals surface area (Å²) in [7, 11) is 0. The maximum absolute atomic E-state index is 11.2. The van der Waals surface area contributed by atoms with Crippen molar-refractivity contribution in [1.29, 1.82) is 0 Å². The summed E-state index contributed by atoms with van der Waals surface area (Å²) in [5.74, 6) is -0.349. The monoisotopic (exact) mass is 312 g/mol. The molecule has 0 aliphatic carbocycles. The molecule has 2 aromatic rings. The summed E-state index contributed by atoms with van der Waals surface area (Å²) in [6, 6.07) is 17.2. The Kier molecular flexibility index (Phi) is 5.80. The van der Waals surface area contributed by atoms with Gasteiger partial charge in [-0.2, -0.15) is 0 Å².